The molecule has 5 unspecified atom stereocenters. The molecule has 3 fully saturated rings. The van der Waals surface area contributed by atoms with E-state index in [-0.39, 0.29) is 36.5 Å². The van der Waals surface area contributed by atoms with Gasteiger partial charge in [0.1, 0.15) is 11.6 Å². The van der Waals surface area contributed by atoms with Gasteiger partial charge >= 0.3 is 12.3 Å². The Labute approximate surface area is 287 Å². The van der Waals surface area contributed by atoms with Gasteiger partial charge in [-0.25, -0.2) is 17.9 Å². The molecule has 3 aliphatic carbocycles. The highest BCUT2D eigenvalue weighted by Gasteiger charge is 2.62. The van der Waals surface area contributed by atoms with Crippen molar-refractivity contribution in [3.8, 4) is 5.69 Å². The summed E-state index contributed by atoms with van der Waals surface area (Å²) in [4.78, 5) is 55.7. The van der Waals surface area contributed by atoms with Crippen molar-refractivity contribution in [2.24, 2.45) is 17.8 Å². The smallest absolute Gasteiger partial charge is 0.416 e. The van der Waals surface area contributed by atoms with Crippen LogP contribution in [0.5, 0.6) is 0 Å². The number of halogens is 3. The van der Waals surface area contributed by atoms with Crippen molar-refractivity contribution < 1.29 is 45.5 Å². The summed E-state index contributed by atoms with van der Waals surface area (Å²) in [7, 11) is -2.29. The number of carbonyl (C=O) groups is 4. The Morgan fingerprint density at radius 1 is 1.10 bits per heavy atom. The molecule has 3 N–H and O–H groups in total. The number of alkyl halides is 3. The van der Waals surface area contributed by atoms with Crippen LogP contribution in [0.4, 0.5) is 23.7 Å². The molecule has 1 aromatic heterocycles. The summed E-state index contributed by atoms with van der Waals surface area (Å²) in [6, 6.07) is 4.44. The monoisotopic (exact) mass is 720 g/mol. The largest absolute Gasteiger partial charge is 0.446 e. The van der Waals surface area contributed by atoms with Gasteiger partial charge in [-0.05, 0) is 82.6 Å². The van der Waals surface area contributed by atoms with Crippen LogP contribution in [0.2, 0.25) is 0 Å². The van der Waals surface area contributed by atoms with Crippen molar-refractivity contribution in [2.45, 2.75) is 81.4 Å². The number of aromatic nitrogens is 2. The summed E-state index contributed by atoms with van der Waals surface area (Å²) in [5.41, 5.74) is -2.01. The quantitative estimate of drug-likeness (QED) is 0.379. The maximum absolute atomic E-state index is 13.9. The molecule has 17 heteroatoms. The number of amides is 4. The van der Waals surface area contributed by atoms with E-state index in [0.717, 1.165) is 18.6 Å². The molecule has 6 rings (SSSR count). The van der Waals surface area contributed by atoms with E-state index in [0.29, 0.717) is 37.9 Å². The summed E-state index contributed by atoms with van der Waals surface area (Å²) in [5.74, 6) is -4.31. The highest BCUT2D eigenvalue weighted by atomic mass is 32.2. The molecule has 270 valence electrons. The van der Waals surface area contributed by atoms with E-state index in [1.165, 1.54) is 21.8 Å². The number of rotatable bonds is 6. The molecule has 0 radical (unpaired) electrons. The van der Waals surface area contributed by atoms with Gasteiger partial charge in [0.25, 0.3) is 5.91 Å². The average Bonchev–Trinajstić information content (AvgIpc) is 3.93. The van der Waals surface area contributed by atoms with Gasteiger partial charge < -0.3 is 15.0 Å². The minimum Gasteiger partial charge on any atom is -0.446 e. The Balaban J connectivity index is 1.22. The first-order chi connectivity index (χ1) is 23.6. The fourth-order valence-electron chi connectivity index (χ4n) is 6.74. The average molecular weight is 721 g/mol. The van der Waals surface area contributed by atoms with Gasteiger partial charge in [0.15, 0.2) is 0 Å². The van der Waals surface area contributed by atoms with E-state index in [2.05, 4.69) is 20.5 Å². The molecule has 0 bridgehead atoms. The number of allylic oxidation sites excluding steroid dienone is 1. The standard InChI is InChI=1S/C33H39F3N6O7S/c1-19-12-14-42(39-19)27-11-8-20(33(34,35)36)15-26(27)37-31(46)49-22-16-24-25(17-22)29(44)41(2)13-6-4-3-5-7-21-18-32(21,38-28(24)43)30(45)40-50(47,48)23-9-10-23/h5,7-8,11-12,14-15,21-25H,3-4,6,9-10,13,16-18H2,1-2H3,(H,37,46)(H,38,43)(H,40,45)/b7-5-. The zero-order valence-corrected chi connectivity index (χ0v) is 28.4. The van der Waals surface area contributed by atoms with E-state index in [4.69, 9.17) is 4.74 Å². The van der Waals surface area contributed by atoms with Crippen molar-refractivity contribution >= 4 is 39.5 Å². The highest BCUT2D eigenvalue weighted by molar-refractivity contribution is 7.91. The second-order valence-corrected chi connectivity index (χ2v) is 15.6. The predicted octanol–water partition coefficient (Wildman–Crippen LogP) is 3.82. The normalized spacial score (nSPS) is 28.1. The van der Waals surface area contributed by atoms with Gasteiger partial charge in [0.2, 0.25) is 21.8 Å². The number of fused-ring (bicyclic) bond motifs is 2. The van der Waals surface area contributed by atoms with Crippen LogP contribution < -0.4 is 15.4 Å². The summed E-state index contributed by atoms with van der Waals surface area (Å²) in [5, 5.41) is 8.71. The second-order valence-electron chi connectivity index (χ2n) is 13.6. The van der Waals surface area contributed by atoms with E-state index in [9.17, 15) is 40.8 Å². The molecular weight excluding hydrogens is 681 g/mol. The molecule has 1 aliphatic heterocycles. The minimum absolute atomic E-state index is 0.0545. The van der Waals surface area contributed by atoms with Crippen molar-refractivity contribution in [1.82, 2.24) is 24.7 Å². The number of ether oxygens (including phenoxy) is 1. The maximum Gasteiger partial charge on any atom is 0.416 e. The predicted molar refractivity (Wildman–Crippen MR) is 173 cm³/mol. The number of benzene rings is 1. The number of hydrogen-bond donors (Lipinski definition) is 3. The summed E-state index contributed by atoms with van der Waals surface area (Å²) in [6.07, 6.45) is 1.40. The minimum atomic E-state index is -4.70. The van der Waals surface area contributed by atoms with Crippen LogP contribution in [0.15, 0.2) is 42.6 Å². The third-order valence-corrected chi connectivity index (χ3v) is 11.6. The van der Waals surface area contributed by atoms with E-state index >= 15 is 0 Å². The molecular formula is C33H39F3N6O7S. The first-order valence-electron chi connectivity index (χ1n) is 16.6. The van der Waals surface area contributed by atoms with Crippen LogP contribution >= 0.6 is 0 Å². The van der Waals surface area contributed by atoms with Crippen LogP contribution in [-0.2, 0) is 35.3 Å². The second kappa shape index (κ2) is 13.4. The van der Waals surface area contributed by atoms with Crippen molar-refractivity contribution in [3.63, 3.8) is 0 Å². The number of sulfonamides is 1. The zero-order chi connectivity index (χ0) is 36.0. The van der Waals surface area contributed by atoms with Crippen LogP contribution in [0.25, 0.3) is 5.69 Å². The van der Waals surface area contributed by atoms with Gasteiger partial charge in [-0.3, -0.25) is 24.4 Å². The fraction of sp³-hybridized carbons (Fsp3) is 0.545. The van der Waals surface area contributed by atoms with Crippen LogP contribution in [0.3, 0.4) is 0 Å². The number of anilines is 1. The summed E-state index contributed by atoms with van der Waals surface area (Å²) in [6.45, 7) is 2.12. The topological polar surface area (TPSA) is 169 Å². The van der Waals surface area contributed by atoms with Crippen molar-refractivity contribution in [3.05, 3.63) is 53.9 Å². The molecule has 5 atom stereocenters. The van der Waals surface area contributed by atoms with Crippen LogP contribution in [0, 0.1) is 24.7 Å². The first kappa shape index (κ1) is 35.4. The third-order valence-electron chi connectivity index (χ3n) is 9.80. The molecule has 4 aliphatic rings. The summed E-state index contributed by atoms with van der Waals surface area (Å²) >= 11 is 0. The highest BCUT2D eigenvalue weighted by Crippen LogP contribution is 2.47. The third kappa shape index (κ3) is 7.51. The fourth-order valence-corrected chi connectivity index (χ4v) is 8.11. The number of hydrogen-bond acceptors (Lipinski definition) is 8. The SMILES string of the molecule is Cc1ccn(-c2ccc(C(F)(F)F)cc2NC(=O)OC2CC3C(=O)NC4(C(=O)NS(=O)(=O)C5CC5)CC4/C=C\CCCCN(C)C(=O)C3C2)n1. The lowest BCUT2D eigenvalue weighted by Crippen LogP contribution is -2.54. The molecule has 0 spiro atoms. The van der Waals surface area contributed by atoms with Gasteiger partial charge in [0, 0.05) is 25.7 Å². The Kier molecular flexibility index (Phi) is 9.47. The number of nitrogens with one attached hydrogen (secondary N) is 3. The first-order valence-corrected chi connectivity index (χ1v) is 18.1. The zero-order valence-electron chi connectivity index (χ0n) is 27.5. The molecule has 3 saturated carbocycles. The van der Waals surface area contributed by atoms with Gasteiger partial charge in [-0.1, -0.05) is 12.2 Å². The molecule has 0 saturated heterocycles. The lowest BCUT2D eigenvalue weighted by molar-refractivity contribution is -0.140. The Bertz CT molecular complexity index is 1830. The van der Waals surface area contributed by atoms with Gasteiger partial charge in [-0.2, -0.15) is 18.3 Å². The lowest BCUT2D eigenvalue weighted by atomic mass is 9.93. The lowest BCUT2D eigenvalue weighted by Gasteiger charge is -2.26. The number of carbonyl (C=O) groups excluding carboxylic acids is 4. The van der Waals surface area contributed by atoms with Crippen molar-refractivity contribution in [1.29, 1.82) is 0 Å². The molecule has 2 aromatic rings. The molecule has 50 heavy (non-hydrogen) atoms. The van der Waals surface area contributed by atoms with Crippen LogP contribution in [0.1, 0.15) is 62.6 Å². The van der Waals surface area contributed by atoms with Crippen molar-refractivity contribution in [2.75, 3.05) is 18.9 Å². The van der Waals surface area contributed by atoms with E-state index in [1.54, 1.807) is 26.1 Å². The molecule has 13 nitrogen and oxygen atoms in total. The number of nitrogens with zero attached hydrogens (tertiary/aromatic N) is 3. The summed E-state index contributed by atoms with van der Waals surface area (Å²) < 4.78 is 75.1. The van der Waals surface area contributed by atoms with Crippen LogP contribution in [-0.4, -0.2) is 77.4 Å². The number of aryl methyl sites for hydroxylation is 1. The maximum atomic E-state index is 13.9. The van der Waals surface area contributed by atoms with Gasteiger partial charge in [0.05, 0.1) is 39.7 Å². The molecule has 4 amide bonds. The molecule has 1 aromatic carbocycles. The Morgan fingerprint density at radius 2 is 1.84 bits per heavy atom. The van der Waals surface area contributed by atoms with E-state index < -0.39 is 74.3 Å². The Hall–Kier alpha value is -4.41. The van der Waals surface area contributed by atoms with Gasteiger partial charge in [-0.15, -0.1) is 0 Å². The Morgan fingerprint density at radius 3 is 2.52 bits per heavy atom. The van der Waals surface area contributed by atoms with E-state index in [1.807, 2.05) is 6.08 Å². The molecule has 2 heterocycles.